The van der Waals surface area contributed by atoms with Gasteiger partial charge in [-0.05, 0) is 18.9 Å². The number of methoxy groups -OCH3 is 2. The van der Waals surface area contributed by atoms with Gasteiger partial charge in [0.2, 0.25) is 0 Å². The van der Waals surface area contributed by atoms with Crippen molar-refractivity contribution in [3.05, 3.63) is 23.5 Å². The summed E-state index contributed by atoms with van der Waals surface area (Å²) in [7, 11) is 2.83. The number of hydrogen-bond donors (Lipinski definition) is 2. The van der Waals surface area contributed by atoms with Crippen LogP contribution in [0.5, 0.6) is 11.5 Å². The molecule has 1 rings (SSSR count). The van der Waals surface area contributed by atoms with Crippen molar-refractivity contribution in [2.45, 2.75) is 26.3 Å². The quantitative estimate of drug-likeness (QED) is 0.837. The van der Waals surface area contributed by atoms with E-state index in [0.717, 1.165) is 6.07 Å². The van der Waals surface area contributed by atoms with Crippen LogP contribution in [0.1, 0.15) is 31.1 Å². The number of carbonyl (C=O) groups excluding carboxylic acids is 1. The second kappa shape index (κ2) is 8.19. The summed E-state index contributed by atoms with van der Waals surface area (Å²) in [6.07, 6.45) is 0. The van der Waals surface area contributed by atoms with Crippen molar-refractivity contribution in [3.8, 4) is 11.5 Å². The zero-order valence-electron chi connectivity index (χ0n) is 13.5. The van der Waals surface area contributed by atoms with E-state index in [1.165, 1.54) is 20.3 Å². The van der Waals surface area contributed by atoms with Gasteiger partial charge >= 0.3 is 0 Å². The summed E-state index contributed by atoms with van der Waals surface area (Å²) in [6, 6.07) is 2.45. The fourth-order valence-corrected chi connectivity index (χ4v) is 1.79. The van der Waals surface area contributed by atoms with Crippen molar-refractivity contribution < 1.29 is 18.7 Å². The van der Waals surface area contributed by atoms with Crippen LogP contribution >= 0.6 is 12.4 Å². The molecule has 1 atom stereocenters. The topological polar surface area (TPSA) is 73.6 Å². The first-order valence-corrected chi connectivity index (χ1v) is 6.73. The van der Waals surface area contributed by atoms with Crippen LogP contribution in [0.25, 0.3) is 0 Å². The lowest BCUT2D eigenvalue weighted by Crippen LogP contribution is -2.55. The predicted octanol–water partition coefficient (Wildman–Crippen LogP) is 2.37. The number of amides is 1. The molecule has 7 heteroatoms. The third kappa shape index (κ3) is 4.24. The van der Waals surface area contributed by atoms with Gasteiger partial charge in [0.05, 0.1) is 25.3 Å². The molecule has 0 heterocycles. The molecule has 0 saturated carbocycles. The number of halogens is 2. The minimum absolute atomic E-state index is 0. The lowest BCUT2D eigenvalue weighted by atomic mass is 9.88. The van der Waals surface area contributed by atoms with Gasteiger partial charge in [-0.25, -0.2) is 4.39 Å². The highest BCUT2D eigenvalue weighted by Gasteiger charge is 2.30. The summed E-state index contributed by atoms with van der Waals surface area (Å²) in [5.74, 6) is -0.571. The molecule has 1 aromatic rings. The summed E-state index contributed by atoms with van der Waals surface area (Å²) in [4.78, 5) is 12.3. The molecule has 0 aliphatic heterocycles. The number of ether oxygens (including phenoxy) is 2. The zero-order chi connectivity index (χ0) is 16.2. The molecule has 0 aromatic heterocycles. The van der Waals surface area contributed by atoms with Crippen LogP contribution < -0.4 is 20.5 Å². The van der Waals surface area contributed by atoms with Gasteiger partial charge in [0.25, 0.3) is 5.91 Å². The standard InChI is InChI=1S/C15H23FN2O3.ClH/c1-9(2)15(3,8-17)18-14(19)10-6-12(20-4)13(21-5)7-11(10)16;/h6-7,9H,8,17H2,1-5H3,(H,18,19);1H. The van der Waals surface area contributed by atoms with Gasteiger partial charge in [-0.15, -0.1) is 12.4 Å². The Hall–Kier alpha value is -1.53. The van der Waals surface area contributed by atoms with Crippen LogP contribution in [-0.4, -0.2) is 32.2 Å². The highest BCUT2D eigenvalue weighted by Crippen LogP contribution is 2.30. The van der Waals surface area contributed by atoms with Gasteiger partial charge in [0.1, 0.15) is 5.82 Å². The number of carbonyl (C=O) groups is 1. The van der Waals surface area contributed by atoms with E-state index in [9.17, 15) is 9.18 Å². The van der Waals surface area contributed by atoms with E-state index in [2.05, 4.69) is 5.32 Å². The van der Waals surface area contributed by atoms with Crippen LogP contribution in [-0.2, 0) is 0 Å². The molecule has 0 aliphatic rings. The van der Waals surface area contributed by atoms with Crippen LogP contribution in [0.15, 0.2) is 12.1 Å². The molecule has 126 valence electrons. The monoisotopic (exact) mass is 334 g/mol. The average molecular weight is 335 g/mol. The van der Waals surface area contributed by atoms with E-state index in [4.69, 9.17) is 15.2 Å². The number of nitrogens with two attached hydrogens (primary N) is 1. The molecule has 22 heavy (non-hydrogen) atoms. The van der Waals surface area contributed by atoms with Gasteiger partial charge in [-0.1, -0.05) is 13.8 Å². The van der Waals surface area contributed by atoms with E-state index in [-0.39, 0.29) is 36.2 Å². The number of hydrogen-bond acceptors (Lipinski definition) is 4. The summed E-state index contributed by atoms with van der Waals surface area (Å²) < 4.78 is 24.1. The van der Waals surface area contributed by atoms with E-state index in [0.29, 0.717) is 5.75 Å². The van der Waals surface area contributed by atoms with Crippen molar-refractivity contribution >= 4 is 18.3 Å². The Labute approximate surface area is 136 Å². The highest BCUT2D eigenvalue weighted by molar-refractivity contribution is 5.95. The second-order valence-electron chi connectivity index (χ2n) is 5.42. The minimum Gasteiger partial charge on any atom is -0.493 e. The van der Waals surface area contributed by atoms with E-state index >= 15 is 0 Å². The van der Waals surface area contributed by atoms with Crippen LogP contribution in [0.3, 0.4) is 0 Å². The fourth-order valence-electron chi connectivity index (χ4n) is 1.79. The van der Waals surface area contributed by atoms with Crippen molar-refractivity contribution in [1.82, 2.24) is 5.32 Å². The smallest absolute Gasteiger partial charge is 0.254 e. The lowest BCUT2D eigenvalue weighted by Gasteiger charge is -2.33. The Morgan fingerprint density at radius 1 is 1.32 bits per heavy atom. The van der Waals surface area contributed by atoms with E-state index < -0.39 is 17.3 Å². The van der Waals surface area contributed by atoms with Gasteiger partial charge in [-0.3, -0.25) is 4.79 Å². The van der Waals surface area contributed by atoms with Gasteiger partial charge < -0.3 is 20.5 Å². The van der Waals surface area contributed by atoms with E-state index in [1.54, 1.807) is 0 Å². The van der Waals surface area contributed by atoms with Crippen molar-refractivity contribution in [2.75, 3.05) is 20.8 Å². The zero-order valence-corrected chi connectivity index (χ0v) is 14.3. The lowest BCUT2D eigenvalue weighted by molar-refractivity contribution is 0.0878. The summed E-state index contributed by atoms with van der Waals surface area (Å²) in [5.41, 5.74) is 5.00. The minimum atomic E-state index is -0.673. The molecule has 1 unspecified atom stereocenters. The third-order valence-corrected chi connectivity index (χ3v) is 3.82. The molecule has 0 fully saturated rings. The Bertz CT molecular complexity index is 526. The summed E-state index contributed by atoms with van der Waals surface area (Å²) >= 11 is 0. The first-order valence-electron chi connectivity index (χ1n) is 6.73. The number of benzene rings is 1. The van der Waals surface area contributed by atoms with Crippen molar-refractivity contribution in [3.63, 3.8) is 0 Å². The fraction of sp³-hybridized carbons (Fsp3) is 0.533. The summed E-state index contributed by atoms with van der Waals surface area (Å²) in [5, 5.41) is 2.79. The van der Waals surface area contributed by atoms with E-state index in [1.807, 2.05) is 20.8 Å². The molecular formula is C15H24ClFN2O3. The highest BCUT2D eigenvalue weighted by atomic mass is 35.5. The summed E-state index contributed by atoms with van der Waals surface area (Å²) in [6.45, 7) is 5.97. The number of nitrogens with one attached hydrogen (secondary N) is 1. The van der Waals surface area contributed by atoms with Gasteiger partial charge in [0.15, 0.2) is 11.5 Å². The maximum atomic E-state index is 14.1. The molecule has 0 aliphatic carbocycles. The Morgan fingerprint density at radius 3 is 2.23 bits per heavy atom. The molecule has 1 amide bonds. The van der Waals surface area contributed by atoms with Gasteiger partial charge in [0, 0.05) is 12.6 Å². The molecule has 5 nitrogen and oxygen atoms in total. The molecule has 0 saturated heterocycles. The Morgan fingerprint density at radius 2 is 1.82 bits per heavy atom. The molecule has 3 N–H and O–H groups in total. The van der Waals surface area contributed by atoms with Crippen molar-refractivity contribution in [1.29, 1.82) is 0 Å². The molecule has 1 aromatic carbocycles. The van der Waals surface area contributed by atoms with Crippen LogP contribution in [0.4, 0.5) is 4.39 Å². The van der Waals surface area contributed by atoms with Gasteiger partial charge in [-0.2, -0.15) is 0 Å². The molecular weight excluding hydrogens is 311 g/mol. The third-order valence-electron chi connectivity index (χ3n) is 3.82. The SMILES string of the molecule is COc1cc(F)c(C(=O)NC(C)(CN)C(C)C)cc1OC.Cl. The molecule has 0 bridgehead atoms. The van der Waals surface area contributed by atoms with Crippen LogP contribution in [0, 0.1) is 11.7 Å². The Balaban J connectivity index is 0.00000441. The first-order chi connectivity index (χ1) is 9.78. The second-order valence-corrected chi connectivity index (χ2v) is 5.42. The number of rotatable bonds is 6. The van der Waals surface area contributed by atoms with Crippen molar-refractivity contribution in [2.24, 2.45) is 11.7 Å². The normalized spacial score (nSPS) is 13.1. The largest absolute Gasteiger partial charge is 0.493 e. The average Bonchev–Trinajstić information content (AvgIpc) is 2.46. The Kier molecular flexibility index (Phi) is 7.62. The maximum Gasteiger partial charge on any atom is 0.254 e. The first kappa shape index (κ1) is 20.5. The van der Waals surface area contributed by atoms with Crippen LogP contribution in [0.2, 0.25) is 0 Å². The molecule has 0 spiro atoms. The molecule has 0 radical (unpaired) electrons. The maximum absolute atomic E-state index is 14.1. The predicted molar refractivity (Wildman–Crippen MR) is 86.5 cm³/mol.